The molecule has 1 spiro atoms. The van der Waals surface area contributed by atoms with Gasteiger partial charge in [-0.25, -0.2) is 0 Å². The molecular formula is C17H18BrNO5. The van der Waals surface area contributed by atoms with Gasteiger partial charge >= 0.3 is 11.9 Å². The number of carbonyl (C=O) groups excluding carboxylic acids is 3. The van der Waals surface area contributed by atoms with E-state index in [1.54, 1.807) is 45.9 Å². The van der Waals surface area contributed by atoms with Crippen LogP contribution < -0.4 is 5.32 Å². The normalized spacial score (nSPS) is 28.5. The van der Waals surface area contributed by atoms with Crippen LogP contribution in [0.1, 0.15) is 33.3 Å². The lowest BCUT2D eigenvalue weighted by atomic mass is 9.77. The number of para-hydroxylation sites is 1. The van der Waals surface area contributed by atoms with Crippen molar-refractivity contribution in [2.45, 2.75) is 38.9 Å². The number of anilines is 1. The van der Waals surface area contributed by atoms with Gasteiger partial charge in [-0.1, -0.05) is 19.1 Å². The van der Waals surface area contributed by atoms with Crippen LogP contribution in [0.3, 0.4) is 0 Å². The SMILES string of the molecule is C[C@H]1C(=O)O[C@@]2(C(=O)Nc3c(Br)cccc32)[C@@H]1C(=O)OC(C)(C)C. The summed E-state index contributed by atoms with van der Waals surface area (Å²) >= 11 is 3.37. The van der Waals surface area contributed by atoms with Crippen LogP contribution in [0.15, 0.2) is 22.7 Å². The van der Waals surface area contributed by atoms with E-state index < -0.39 is 40.9 Å². The van der Waals surface area contributed by atoms with Crippen molar-refractivity contribution in [3.63, 3.8) is 0 Å². The number of benzene rings is 1. The number of fused-ring (bicyclic) bond motifs is 2. The van der Waals surface area contributed by atoms with Crippen LogP contribution in [0.25, 0.3) is 0 Å². The molecule has 1 fully saturated rings. The smallest absolute Gasteiger partial charge is 0.315 e. The van der Waals surface area contributed by atoms with Crippen LogP contribution in [0, 0.1) is 11.8 Å². The van der Waals surface area contributed by atoms with Gasteiger partial charge in [0.1, 0.15) is 11.5 Å². The number of rotatable bonds is 1. The lowest BCUT2D eigenvalue weighted by molar-refractivity contribution is -0.172. The molecule has 0 unspecified atom stereocenters. The van der Waals surface area contributed by atoms with Gasteiger partial charge < -0.3 is 14.8 Å². The highest BCUT2D eigenvalue weighted by Gasteiger charge is 2.67. The van der Waals surface area contributed by atoms with Crippen molar-refractivity contribution < 1.29 is 23.9 Å². The van der Waals surface area contributed by atoms with Crippen molar-refractivity contribution in [1.29, 1.82) is 0 Å². The molecule has 0 saturated carbocycles. The average molecular weight is 396 g/mol. The van der Waals surface area contributed by atoms with Gasteiger partial charge in [-0.3, -0.25) is 14.4 Å². The summed E-state index contributed by atoms with van der Waals surface area (Å²) in [6.45, 7) is 6.78. The molecule has 2 aliphatic heterocycles. The molecule has 1 aromatic rings. The van der Waals surface area contributed by atoms with Crippen LogP contribution in [0.5, 0.6) is 0 Å². The second-order valence-corrected chi connectivity index (χ2v) is 7.93. The maximum Gasteiger partial charge on any atom is 0.315 e. The summed E-state index contributed by atoms with van der Waals surface area (Å²) in [5, 5.41) is 2.72. The summed E-state index contributed by atoms with van der Waals surface area (Å²) in [5.74, 6) is -3.56. The zero-order valence-electron chi connectivity index (χ0n) is 13.8. The van der Waals surface area contributed by atoms with E-state index in [1.807, 2.05) is 0 Å². The molecule has 0 aliphatic carbocycles. The second-order valence-electron chi connectivity index (χ2n) is 7.07. The lowest BCUT2D eigenvalue weighted by Crippen LogP contribution is -2.46. The van der Waals surface area contributed by atoms with Gasteiger partial charge in [-0.15, -0.1) is 0 Å². The van der Waals surface area contributed by atoms with Crippen molar-refractivity contribution in [1.82, 2.24) is 0 Å². The number of ether oxygens (including phenoxy) is 2. The molecule has 1 aromatic carbocycles. The number of halogens is 1. The highest BCUT2D eigenvalue weighted by atomic mass is 79.9. The summed E-state index contributed by atoms with van der Waals surface area (Å²) in [7, 11) is 0. The van der Waals surface area contributed by atoms with Gasteiger partial charge in [0.25, 0.3) is 5.91 Å². The Morgan fingerprint density at radius 3 is 2.62 bits per heavy atom. The van der Waals surface area contributed by atoms with E-state index in [0.29, 0.717) is 15.7 Å². The Bertz CT molecular complexity index is 754. The summed E-state index contributed by atoms with van der Waals surface area (Å²) in [5.41, 5.74) is -1.44. The van der Waals surface area contributed by atoms with Crippen LogP contribution in [0.4, 0.5) is 5.69 Å². The lowest BCUT2D eigenvalue weighted by Gasteiger charge is -2.29. The maximum atomic E-state index is 12.8. The third-order valence-electron chi connectivity index (χ3n) is 4.22. The Hall–Kier alpha value is -1.89. The molecule has 0 bridgehead atoms. The van der Waals surface area contributed by atoms with Crippen molar-refractivity contribution >= 4 is 39.5 Å². The van der Waals surface area contributed by atoms with E-state index >= 15 is 0 Å². The van der Waals surface area contributed by atoms with Crippen LogP contribution >= 0.6 is 15.9 Å². The number of carbonyl (C=O) groups is 3. The van der Waals surface area contributed by atoms with E-state index in [1.165, 1.54) is 0 Å². The first-order valence-electron chi connectivity index (χ1n) is 7.64. The molecule has 2 aliphatic rings. The Kier molecular flexibility index (Phi) is 3.75. The standard InChI is InChI=1S/C17H18BrNO5/c1-8-11(14(21)23-16(2,3)4)17(24-13(8)20)9-6-5-7-10(18)12(9)19-15(17)22/h5-8,11H,1-4H3,(H,19,22)/t8-,11+,17-/m1/s1. The maximum absolute atomic E-state index is 12.8. The Morgan fingerprint density at radius 1 is 1.33 bits per heavy atom. The number of nitrogens with one attached hydrogen (secondary N) is 1. The predicted molar refractivity (Wildman–Crippen MR) is 89.0 cm³/mol. The molecule has 2 heterocycles. The largest absolute Gasteiger partial charge is 0.460 e. The molecule has 6 nitrogen and oxygen atoms in total. The monoisotopic (exact) mass is 395 g/mol. The molecule has 24 heavy (non-hydrogen) atoms. The van der Waals surface area contributed by atoms with Gasteiger partial charge in [0, 0.05) is 10.0 Å². The van der Waals surface area contributed by atoms with Gasteiger partial charge in [0.2, 0.25) is 5.60 Å². The Balaban J connectivity index is 2.15. The topological polar surface area (TPSA) is 81.7 Å². The molecule has 1 N–H and O–H groups in total. The minimum atomic E-state index is -1.68. The summed E-state index contributed by atoms with van der Waals surface area (Å²) < 4.78 is 11.6. The third kappa shape index (κ3) is 2.33. The predicted octanol–water partition coefficient (Wildman–Crippen LogP) is 2.75. The Labute approximate surface area is 148 Å². The molecule has 0 radical (unpaired) electrons. The van der Waals surface area contributed by atoms with Gasteiger partial charge in [0.15, 0.2) is 0 Å². The van der Waals surface area contributed by atoms with Crippen LogP contribution in [0.2, 0.25) is 0 Å². The molecule has 7 heteroatoms. The molecule has 1 amide bonds. The fourth-order valence-corrected chi connectivity index (χ4v) is 3.70. The van der Waals surface area contributed by atoms with E-state index in [2.05, 4.69) is 21.2 Å². The molecule has 3 rings (SSSR count). The zero-order chi connectivity index (χ0) is 17.9. The number of hydrogen-bond donors (Lipinski definition) is 1. The number of hydrogen-bond acceptors (Lipinski definition) is 5. The Morgan fingerprint density at radius 2 is 2.00 bits per heavy atom. The van der Waals surface area contributed by atoms with Crippen molar-refractivity contribution in [2.24, 2.45) is 11.8 Å². The first-order valence-corrected chi connectivity index (χ1v) is 8.43. The minimum Gasteiger partial charge on any atom is -0.460 e. The quantitative estimate of drug-likeness (QED) is 0.739. The zero-order valence-corrected chi connectivity index (χ0v) is 15.4. The molecule has 1 saturated heterocycles. The second kappa shape index (κ2) is 5.31. The van der Waals surface area contributed by atoms with Crippen LogP contribution in [-0.4, -0.2) is 23.4 Å². The van der Waals surface area contributed by atoms with Crippen molar-refractivity contribution in [3.8, 4) is 0 Å². The number of amides is 1. The van der Waals surface area contributed by atoms with Crippen LogP contribution in [-0.2, 0) is 29.5 Å². The number of esters is 2. The van der Waals surface area contributed by atoms with E-state index in [9.17, 15) is 14.4 Å². The molecular weight excluding hydrogens is 378 g/mol. The molecule has 3 atom stereocenters. The fourth-order valence-electron chi connectivity index (χ4n) is 3.24. The van der Waals surface area contributed by atoms with Crippen molar-refractivity contribution in [2.75, 3.05) is 5.32 Å². The fraction of sp³-hybridized carbons (Fsp3) is 0.471. The van der Waals surface area contributed by atoms with Gasteiger partial charge in [0.05, 0.1) is 11.6 Å². The first-order chi connectivity index (χ1) is 11.1. The highest BCUT2D eigenvalue weighted by molar-refractivity contribution is 9.10. The van der Waals surface area contributed by atoms with Gasteiger partial charge in [-0.2, -0.15) is 0 Å². The highest BCUT2D eigenvalue weighted by Crippen LogP contribution is 2.53. The summed E-state index contributed by atoms with van der Waals surface area (Å²) in [6, 6.07) is 5.18. The first kappa shape index (κ1) is 17.0. The molecule has 0 aromatic heterocycles. The summed E-state index contributed by atoms with van der Waals surface area (Å²) in [4.78, 5) is 37.8. The van der Waals surface area contributed by atoms with Gasteiger partial charge in [-0.05, 0) is 42.8 Å². The van der Waals surface area contributed by atoms with E-state index in [-0.39, 0.29) is 0 Å². The molecule has 128 valence electrons. The third-order valence-corrected chi connectivity index (χ3v) is 4.88. The van der Waals surface area contributed by atoms with Crippen molar-refractivity contribution in [3.05, 3.63) is 28.2 Å². The summed E-state index contributed by atoms with van der Waals surface area (Å²) in [6.07, 6.45) is 0. The minimum absolute atomic E-state index is 0.468. The van der Waals surface area contributed by atoms with E-state index in [0.717, 1.165) is 0 Å². The van der Waals surface area contributed by atoms with E-state index in [4.69, 9.17) is 9.47 Å². The average Bonchev–Trinajstić information content (AvgIpc) is 2.87.